The van der Waals surface area contributed by atoms with Gasteiger partial charge in [0, 0.05) is 26.7 Å². The van der Waals surface area contributed by atoms with Gasteiger partial charge in [0.15, 0.2) is 0 Å². The van der Waals surface area contributed by atoms with Crippen LogP contribution in [0.3, 0.4) is 0 Å². The summed E-state index contributed by atoms with van der Waals surface area (Å²) < 4.78 is 10.9. The average Bonchev–Trinajstić information content (AvgIpc) is 2.75. The highest BCUT2D eigenvalue weighted by Gasteiger charge is 2.34. The summed E-state index contributed by atoms with van der Waals surface area (Å²) >= 11 is 0. The fourth-order valence-corrected chi connectivity index (χ4v) is 1.95. The van der Waals surface area contributed by atoms with Gasteiger partial charge in [0.25, 0.3) is 0 Å². The lowest BCUT2D eigenvalue weighted by Crippen LogP contribution is -2.59. The summed E-state index contributed by atoms with van der Waals surface area (Å²) in [7, 11) is 1.83. The molecule has 1 N–H and O–H groups in total. The highest BCUT2D eigenvalue weighted by atomic mass is 16.5. The van der Waals surface area contributed by atoms with Crippen molar-refractivity contribution in [3.05, 3.63) is 0 Å². The van der Waals surface area contributed by atoms with Gasteiger partial charge >= 0.3 is 0 Å². The number of rotatable bonds is 4. The predicted octanol–water partition coefficient (Wildman–Crippen LogP) is -0.388. The van der Waals surface area contributed by atoms with Gasteiger partial charge in [0.05, 0.1) is 18.2 Å². The second kappa shape index (κ2) is 4.69. The molecule has 0 bridgehead atoms. The van der Waals surface area contributed by atoms with Gasteiger partial charge in [-0.05, 0) is 13.3 Å². The molecular formula is C11H20N2O3. The topological polar surface area (TPSA) is 50.8 Å². The zero-order valence-electron chi connectivity index (χ0n) is 9.99. The van der Waals surface area contributed by atoms with Crippen molar-refractivity contribution >= 4 is 5.91 Å². The molecule has 5 nitrogen and oxygen atoms in total. The molecule has 0 spiro atoms. The van der Waals surface area contributed by atoms with Gasteiger partial charge in [0.2, 0.25) is 5.91 Å². The number of nitrogens with one attached hydrogen (secondary N) is 1. The third-order valence-electron chi connectivity index (χ3n) is 3.39. The number of nitrogens with zero attached hydrogens (tertiary/aromatic N) is 1. The van der Waals surface area contributed by atoms with Crippen LogP contribution in [0.1, 0.15) is 13.3 Å². The van der Waals surface area contributed by atoms with Crippen molar-refractivity contribution in [3.8, 4) is 0 Å². The van der Waals surface area contributed by atoms with E-state index in [0.717, 1.165) is 26.1 Å². The molecule has 16 heavy (non-hydrogen) atoms. The summed E-state index contributed by atoms with van der Waals surface area (Å²) in [5.74, 6) is 0.0450. The number of ether oxygens (including phenoxy) is 2. The minimum absolute atomic E-state index is 0.0450. The van der Waals surface area contributed by atoms with Crippen molar-refractivity contribution < 1.29 is 14.3 Å². The fourth-order valence-electron chi connectivity index (χ4n) is 1.95. The number of hydrogen-bond acceptors (Lipinski definition) is 4. The maximum Gasteiger partial charge on any atom is 0.248 e. The van der Waals surface area contributed by atoms with E-state index >= 15 is 0 Å². The molecular weight excluding hydrogens is 208 g/mol. The van der Waals surface area contributed by atoms with E-state index in [2.05, 4.69) is 5.32 Å². The van der Waals surface area contributed by atoms with Crippen molar-refractivity contribution in [3.63, 3.8) is 0 Å². The van der Waals surface area contributed by atoms with Gasteiger partial charge in [-0.3, -0.25) is 4.79 Å². The Morgan fingerprint density at radius 3 is 2.88 bits per heavy atom. The molecule has 0 saturated carbocycles. The molecule has 2 heterocycles. The quantitative estimate of drug-likeness (QED) is 0.712. The van der Waals surface area contributed by atoms with E-state index in [1.807, 2.05) is 14.0 Å². The zero-order valence-corrected chi connectivity index (χ0v) is 9.99. The molecule has 2 aliphatic heterocycles. The van der Waals surface area contributed by atoms with Gasteiger partial charge in [0.1, 0.15) is 6.61 Å². The molecule has 2 fully saturated rings. The highest BCUT2D eigenvalue weighted by molar-refractivity contribution is 5.77. The van der Waals surface area contributed by atoms with Crippen LogP contribution >= 0.6 is 0 Å². The lowest BCUT2D eigenvalue weighted by molar-refractivity contribution is -0.146. The maximum atomic E-state index is 11.8. The molecule has 1 amide bonds. The number of amides is 1. The summed E-state index contributed by atoms with van der Waals surface area (Å²) in [6, 6.07) is 0.225. The normalized spacial score (nSPS) is 27.5. The molecule has 2 saturated heterocycles. The first-order valence-electron chi connectivity index (χ1n) is 5.79. The number of likely N-dealkylation sites (N-methyl/N-ethyl adjacent to an activating group) is 1. The second-order valence-corrected chi connectivity index (χ2v) is 4.86. The Balaban J connectivity index is 1.74. The van der Waals surface area contributed by atoms with Crippen molar-refractivity contribution in [1.82, 2.24) is 10.2 Å². The third kappa shape index (κ3) is 2.53. The van der Waals surface area contributed by atoms with E-state index in [0.29, 0.717) is 6.61 Å². The van der Waals surface area contributed by atoms with Gasteiger partial charge in [-0.2, -0.15) is 0 Å². The first-order valence-corrected chi connectivity index (χ1v) is 5.79. The summed E-state index contributed by atoms with van der Waals surface area (Å²) in [6.45, 7) is 5.26. The Morgan fingerprint density at radius 2 is 2.38 bits per heavy atom. The van der Waals surface area contributed by atoms with Crippen LogP contribution in [0.2, 0.25) is 0 Å². The first-order chi connectivity index (χ1) is 7.61. The molecule has 0 aliphatic carbocycles. The lowest BCUT2D eigenvalue weighted by Gasteiger charge is -2.39. The second-order valence-electron chi connectivity index (χ2n) is 4.86. The van der Waals surface area contributed by atoms with Gasteiger partial charge in [-0.1, -0.05) is 0 Å². The van der Waals surface area contributed by atoms with Gasteiger partial charge in [-0.25, -0.2) is 0 Å². The van der Waals surface area contributed by atoms with Crippen LogP contribution < -0.4 is 5.32 Å². The number of carbonyl (C=O) groups is 1. The molecule has 92 valence electrons. The monoisotopic (exact) mass is 228 g/mol. The Morgan fingerprint density at radius 1 is 1.62 bits per heavy atom. The molecule has 0 aromatic carbocycles. The largest absolute Gasteiger partial charge is 0.379 e. The Hall–Kier alpha value is -0.650. The highest BCUT2D eigenvalue weighted by Crippen LogP contribution is 2.16. The summed E-state index contributed by atoms with van der Waals surface area (Å²) in [4.78, 5) is 13.6. The number of carbonyl (C=O) groups excluding carboxylic acids is 1. The minimum atomic E-state index is -0.150. The maximum absolute atomic E-state index is 11.8. The molecule has 0 radical (unpaired) electrons. The van der Waals surface area contributed by atoms with Crippen LogP contribution in [0.4, 0.5) is 0 Å². The number of hydrogen-bond donors (Lipinski definition) is 1. The summed E-state index contributed by atoms with van der Waals surface area (Å²) in [5.41, 5.74) is -0.150. The smallest absolute Gasteiger partial charge is 0.248 e. The van der Waals surface area contributed by atoms with Gasteiger partial charge in [-0.15, -0.1) is 0 Å². The standard InChI is InChI=1S/C11H20N2O3/c1-11(7-12-8-11)16-6-10(14)13(2)9-3-4-15-5-9/h9,12H,3-8H2,1-2H3. The average molecular weight is 228 g/mol. The van der Waals surface area contributed by atoms with Crippen LogP contribution in [0.25, 0.3) is 0 Å². The van der Waals surface area contributed by atoms with Crippen LogP contribution in [0.5, 0.6) is 0 Å². The molecule has 0 aromatic heterocycles. The van der Waals surface area contributed by atoms with E-state index in [1.165, 1.54) is 0 Å². The SMILES string of the molecule is CN(C(=O)COC1(C)CNC1)C1CCOC1. The molecule has 2 rings (SSSR count). The summed E-state index contributed by atoms with van der Waals surface area (Å²) in [5, 5.41) is 3.14. The molecule has 0 aromatic rings. The zero-order chi connectivity index (χ0) is 11.6. The van der Waals surface area contributed by atoms with E-state index in [9.17, 15) is 4.79 Å². The Labute approximate surface area is 96.1 Å². The third-order valence-corrected chi connectivity index (χ3v) is 3.39. The van der Waals surface area contributed by atoms with Crippen molar-refractivity contribution in [2.75, 3.05) is 40.0 Å². The summed E-state index contributed by atoms with van der Waals surface area (Å²) in [6.07, 6.45) is 0.932. The van der Waals surface area contributed by atoms with E-state index in [-0.39, 0.29) is 24.2 Å². The predicted molar refractivity (Wildman–Crippen MR) is 59.2 cm³/mol. The molecule has 5 heteroatoms. The van der Waals surface area contributed by atoms with Crippen LogP contribution in [-0.2, 0) is 14.3 Å². The van der Waals surface area contributed by atoms with Crippen molar-refractivity contribution in [1.29, 1.82) is 0 Å². The minimum Gasteiger partial charge on any atom is -0.379 e. The van der Waals surface area contributed by atoms with Crippen LogP contribution in [0.15, 0.2) is 0 Å². The van der Waals surface area contributed by atoms with Crippen LogP contribution in [-0.4, -0.2) is 62.4 Å². The Bertz CT molecular complexity index is 260. The fraction of sp³-hybridized carbons (Fsp3) is 0.909. The molecule has 2 aliphatic rings. The van der Waals surface area contributed by atoms with Gasteiger partial charge < -0.3 is 19.7 Å². The van der Waals surface area contributed by atoms with E-state index in [4.69, 9.17) is 9.47 Å². The van der Waals surface area contributed by atoms with Crippen molar-refractivity contribution in [2.45, 2.75) is 25.0 Å². The molecule has 1 unspecified atom stereocenters. The lowest BCUT2D eigenvalue weighted by atomic mass is 10.0. The van der Waals surface area contributed by atoms with Crippen molar-refractivity contribution in [2.24, 2.45) is 0 Å². The van der Waals surface area contributed by atoms with Crippen LogP contribution in [0, 0.1) is 0 Å². The molecule has 1 atom stereocenters. The van der Waals surface area contributed by atoms with E-state index in [1.54, 1.807) is 4.90 Å². The Kier molecular flexibility index (Phi) is 3.47. The first kappa shape index (κ1) is 11.8. The van der Waals surface area contributed by atoms with E-state index < -0.39 is 0 Å².